The smallest absolute Gasteiger partial charge is 0.0184 e. The fourth-order valence-electron chi connectivity index (χ4n) is 1.12. The number of hydrogen-bond acceptors (Lipinski definition) is 0. The lowest BCUT2D eigenvalue weighted by Gasteiger charge is -2.04. The second-order valence-corrected chi connectivity index (χ2v) is 3.57. The van der Waals surface area contributed by atoms with E-state index < -0.39 is 0 Å². The lowest BCUT2D eigenvalue weighted by Crippen LogP contribution is -1.85. The molecule has 0 aliphatic rings. The van der Waals surface area contributed by atoms with E-state index in [0.29, 0.717) is 0 Å². The van der Waals surface area contributed by atoms with E-state index in [2.05, 4.69) is 60.9 Å². The van der Waals surface area contributed by atoms with Gasteiger partial charge in [0.15, 0.2) is 0 Å². The molecule has 0 saturated heterocycles. The summed E-state index contributed by atoms with van der Waals surface area (Å²) in [7, 11) is 0. The van der Waals surface area contributed by atoms with Crippen LogP contribution in [0.2, 0.25) is 0 Å². The molecule has 0 aromatic carbocycles. The fraction of sp³-hybridized carbons (Fsp3) is 0.231. The van der Waals surface area contributed by atoms with E-state index >= 15 is 0 Å². The van der Waals surface area contributed by atoms with E-state index in [1.165, 1.54) is 11.1 Å². The van der Waals surface area contributed by atoms with Crippen LogP contribution in [0.5, 0.6) is 0 Å². The Labute approximate surface area is 101 Å². The summed E-state index contributed by atoms with van der Waals surface area (Å²) in [6.07, 6.45) is 13.0. The highest BCUT2D eigenvalue weighted by molar-refractivity contribution is 14.1. The van der Waals surface area contributed by atoms with Crippen molar-refractivity contribution in [3.8, 4) is 0 Å². The van der Waals surface area contributed by atoms with Crippen LogP contribution in [-0.2, 0) is 0 Å². The standard InChI is InChI=1S/C13H17I/c1-4-7-9-13(10-11-14)12(6-3)8-5-2/h4-5,7-10H,1-2,6,11H2,3H3/b9-7-,12-8+,13-10+. The van der Waals surface area contributed by atoms with Crippen LogP contribution < -0.4 is 0 Å². The second-order valence-electron chi connectivity index (χ2n) is 2.69. The average molecular weight is 300 g/mol. The quantitative estimate of drug-likeness (QED) is 0.382. The maximum atomic E-state index is 3.72. The molecule has 0 saturated carbocycles. The Morgan fingerprint density at radius 2 is 2.00 bits per heavy atom. The Bertz CT molecular complexity index is 267. The number of halogens is 1. The molecular formula is C13H17I. The van der Waals surface area contributed by atoms with Gasteiger partial charge in [0.25, 0.3) is 0 Å². The molecule has 0 atom stereocenters. The van der Waals surface area contributed by atoms with E-state index in [-0.39, 0.29) is 0 Å². The molecule has 0 unspecified atom stereocenters. The lowest BCUT2D eigenvalue weighted by atomic mass is 10.0. The summed E-state index contributed by atoms with van der Waals surface area (Å²) in [4.78, 5) is 0. The minimum absolute atomic E-state index is 1.02. The molecule has 0 nitrogen and oxygen atoms in total. The van der Waals surface area contributed by atoms with Crippen molar-refractivity contribution in [1.29, 1.82) is 0 Å². The van der Waals surface area contributed by atoms with Crippen LogP contribution in [0.1, 0.15) is 13.3 Å². The minimum Gasteiger partial charge on any atom is -0.0991 e. The van der Waals surface area contributed by atoms with Crippen molar-refractivity contribution in [3.63, 3.8) is 0 Å². The minimum atomic E-state index is 1.02. The number of allylic oxidation sites excluding steroid dienone is 8. The summed E-state index contributed by atoms with van der Waals surface area (Å²) in [5, 5.41) is 0. The Morgan fingerprint density at radius 1 is 1.29 bits per heavy atom. The van der Waals surface area contributed by atoms with Gasteiger partial charge in [0, 0.05) is 4.43 Å². The van der Waals surface area contributed by atoms with Crippen LogP contribution >= 0.6 is 22.6 Å². The highest BCUT2D eigenvalue weighted by Gasteiger charge is 1.97. The van der Waals surface area contributed by atoms with Crippen LogP contribution in [0.25, 0.3) is 0 Å². The van der Waals surface area contributed by atoms with Gasteiger partial charge in [0.05, 0.1) is 0 Å². The normalized spacial score (nSPS) is 13.3. The van der Waals surface area contributed by atoms with Gasteiger partial charge in [-0.25, -0.2) is 0 Å². The summed E-state index contributed by atoms with van der Waals surface area (Å²) in [6, 6.07) is 0. The average Bonchev–Trinajstić information content (AvgIpc) is 2.21. The van der Waals surface area contributed by atoms with Crippen molar-refractivity contribution in [2.45, 2.75) is 13.3 Å². The van der Waals surface area contributed by atoms with Gasteiger partial charge in [-0.05, 0) is 17.6 Å². The first kappa shape index (κ1) is 13.4. The van der Waals surface area contributed by atoms with Gasteiger partial charge in [-0.15, -0.1) is 0 Å². The molecule has 1 heteroatoms. The molecule has 0 spiro atoms. The van der Waals surface area contributed by atoms with E-state index in [4.69, 9.17) is 0 Å². The molecule has 0 amide bonds. The van der Waals surface area contributed by atoms with Crippen LogP contribution in [-0.4, -0.2) is 4.43 Å². The highest BCUT2D eigenvalue weighted by atomic mass is 127. The van der Waals surface area contributed by atoms with Crippen LogP contribution in [0.3, 0.4) is 0 Å². The van der Waals surface area contributed by atoms with E-state index in [9.17, 15) is 0 Å². The van der Waals surface area contributed by atoms with Crippen molar-refractivity contribution in [3.05, 3.63) is 60.8 Å². The zero-order valence-electron chi connectivity index (χ0n) is 8.67. The third-order valence-electron chi connectivity index (χ3n) is 1.78. The summed E-state index contributed by atoms with van der Waals surface area (Å²) in [6.45, 7) is 9.54. The fourth-order valence-corrected chi connectivity index (χ4v) is 1.60. The molecule has 0 aromatic rings. The first-order valence-electron chi connectivity index (χ1n) is 4.67. The predicted molar refractivity (Wildman–Crippen MR) is 74.9 cm³/mol. The molecule has 0 N–H and O–H groups in total. The van der Waals surface area contributed by atoms with Crippen molar-refractivity contribution in [1.82, 2.24) is 0 Å². The summed E-state index contributed by atoms with van der Waals surface area (Å²) in [5.41, 5.74) is 2.58. The van der Waals surface area contributed by atoms with Crippen molar-refractivity contribution < 1.29 is 0 Å². The molecule has 0 radical (unpaired) electrons. The molecule has 0 heterocycles. The third-order valence-corrected chi connectivity index (χ3v) is 2.22. The Kier molecular flexibility index (Phi) is 8.64. The van der Waals surface area contributed by atoms with Gasteiger partial charge in [-0.3, -0.25) is 0 Å². The summed E-state index contributed by atoms with van der Waals surface area (Å²) < 4.78 is 1.02. The maximum absolute atomic E-state index is 3.72. The van der Waals surface area contributed by atoms with Crippen LogP contribution in [0.15, 0.2) is 60.8 Å². The predicted octanol–water partition coefficient (Wildman–Crippen LogP) is 4.61. The van der Waals surface area contributed by atoms with Gasteiger partial charge in [0.2, 0.25) is 0 Å². The molecule has 76 valence electrons. The van der Waals surface area contributed by atoms with Crippen LogP contribution in [0, 0.1) is 0 Å². The first-order valence-corrected chi connectivity index (χ1v) is 6.19. The van der Waals surface area contributed by atoms with Crippen LogP contribution in [0.4, 0.5) is 0 Å². The van der Waals surface area contributed by atoms with Crippen molar-refractivity contribution in [2.24, 2.45) is 0 Å². The second kappa shape index (κ2) is 9.00. The molecular weight excluding hydrogens is 283 g/mol. The first-order chi connectivity index (χ1) is 6.79. The molecule has 0 bridgehead atoms. The maximum Gasteiger partial charge on any atom is 0.0184 e. The van der Waals surface area contributed by atoms with Crippen molar-refractivity contribution in [2.75, 3.05) is 4.43 Å². The monoisotopic (exact) mass is 300 g/mol. The zero-order valence-corrected chi connectivity index (χ0v) is 10.8. The van der Waals surface area contributed by atoms with Gasteiger partial charge >= 0.3 is 0 Å². The topological polar surface area (TPSA) is 0 Å². The summed E-state index contributed by atoms with van der Waals surface area (Å²) >= 11 is 2.34. The Hall–Kier alpha value is -0.570. The Morgan fingerprint density at radius 3 is 2.43 bits per heavy atom. The number of alkyl halides is 1. The summed E-state index contributed by atoms with van der Waals surface area (Å²) in [5.74, 6) is 0. The number of rotatable bonds is 6. The molecule has 0 aliphatic carbocycles. The largest absolute Gasteiger partial charge is 0.0991 e. The van der Waals surface area contributed by atoms with E-state index in [1.54, 1.807) is 6.08 Å². The van der Waals surface area contributed by atoms with Gasteiger partial charge in [-0.1, -0.05) is 79.1 Å². The molecule has 0 aromatic heterocycles. The Balaban J connectivity index is 4.87. The van der Waals surface area contributed by atoms with Crippen molar-refractivity contribution >= 4 is 22.6 Å². The highest BCUT2D eigenvalue weighted by Crippen LogP contribution is 2.16. The number of hydrogen-bond donors (Lipinski definition) is 0. The zero-order chi connectivity index (χ0) is 10.8. The van der Waals surface area contributed by atoms with Gasteiger partial charge < -0.3 is 0 Å². The third kappa shape index (κ3) is 5.22. The SMILES string of the molecule is C=C\C=C/C(=C\CI)C(=C/C=C)/CC. The lowest BCUT2D eigenvalue weighted by molar-refractivity contribution is 1.12. The molecule has 0 rings (SSSR count). The van der Waals surface area contributed by atoms with Gasteiger partial charge in [-0.2, -0.15) is 0 Å². The van der Waals surface area contributed by atoms with Gasteiger partial charge in [0.1, 0.15) is 0 Å². The molecule has 14 heavy (non-hydrogen) atoms. The molecule has 0 aliphatic heterocycles. The molecule has 0 fully saturated rings. The van der Waals surface area contributed by atoms with E-state index in [1.807, 2.05) is 12.2 Å². The van der Waals surface area contributed by atoms with E-state index in [0.717, 1.165) is 10.8 Å².